The van der Waals surface area contributed by atoms with Gasteiger partial charge in [-0.05, 0) is 12.8 Å². The van der Waals surface area contributed by atoms with E-state index in [1.54, 1.807) is 0 Å². The van der Waals surface area contributed by atoms with E-state index in [0.29, 0.717) is 6.42 Å². The molecule has 2 aliphatic rings. The third kappa shape index (κ3) is 2.05. The van der Waals surface area contributed by atoms with E-state index in [2.05, 4.69) is 5.10 Å². The summed E-state index contributed by atoms with van der Waals surface area (Å²) >= 11 is 0. The second-order valence-electron chi connectivity index (χ2n) is 4.24. The van der Waals surface area contributed by atoms with E-state index in [-0.39, 0.29) is 17.9 Å². The van der Waals surface area contributed by atoms with Crippen LogP contribution >= 0.6 is 0 Å². The number of alkyl halides is 6. The number of hydrogen-bond acceptors (Lipinski definition) is 2. The van der Waals surface area contributed by atoms with Crippen LogP contribution in [0.3, 0.4) is 0 Å². The summed E-state index contributed by atoms with van der Waals surface area (Å²) < 4.78 is 74.5. The fraction of sp³-hybridized carbons (Fsp3) is 0.778. The summed E-state index contributed by atoms with van der Waals surface area (Å²) in [7, 11) is 0. The molecular weight excluding hydrogens is 266 g/mol. The van der Waals surface area contributed by atoms with Crippen LogP contribution in [-0.2, 0) is 4.79 Å². The summed E-state index contributed by atoms with van der Waals surface area (Å²) in [5.41, 5.74) is -1.28. The predicted molar refractivity (Wildman–Crippen MR) is 47.5 cm³/mol. The van der Waals surface area contributed by atoms with Crippen molar-refractivity contribution < 1.29 is 31.1 Å². The van der Waals surface area contributed by atoms with Crippen molar-refractivity contribution in [2.45, 2.75) is 37.7 Å². The number of halogens is 6. The Balaban J connectivity index is 2.32. The van der Waals surface area contributed by atoms with E-state index >= 15 is 0 Å². The van der Waals surface area contributed by atoms with Crippen molar-refractivity contribution in [3.05, 3.63) is 0 Å². The summed E-state index contributed by atoms with van der Waals surface area (Å²) in [4.78, 5) is 11.0. The molecular formula is C9H8F6N2O. The minimum atomic E-state index is -5.21. The van der Waals surface area contributed by atoms with Gasteiger partial charge in [0.15, 0.2) is 0 Å². The normalized spacial score (nSPS) is 28.3. The Morgan fingerprint density at radius 3 is 2.28 bits per heavy atom. The smallest absolute Gasteiger partial charge is 0.262 e. The summed E-state index contributed by atoms with van der Waals surface area (Å²) in [6.07, 6.45) is -9.45. The van der Waals surface area contributed by atoms with Crippen LogP contribution in [0, 0.1) is 5.92 Å². The average molecular weight is 274 g/mol. The molecule has 1 saturated carbocycles. The van der Waals surface area contributed by atoms with Crippen LogP contribution in [0.4, 0.5) is 26.3 Å². The largest absolute Gasteiger partial charge is 0.473 e. The van der Waals surface area contributed by atoms with Gasteiger partial charge in [0.2, 0.25) is 0 Å². The van der Waals surface area contributed by atoms with Gasteiger partial charge in [0.1, 0.15) is 5.71 Å². The minimum Gasteiger partial charge on any atom is -0.262 e. The number of fused-ring (bicyclic) bond motifs is 1. The highest BCUT2D eigenvalue weighted by molar-refractivity contribution is 5.96. The Hall–Kier alpha value is -1.28. The molecule has 1 aliphatic heterocycles. The van der Waals surface area contributed by atoms with Gasteiger partial charge in [0, 0.05) is 5.92 Å². The summed E-state index contributed by atoms with van der Waals surface area (Å²) in [5.74, 6) is -3.46. The van der Waals surface area contributed by atoms with Crippen LogP contribution in [0.5, 0.6) is 0 Å². The Labute approximate surface area is 97.4 Å². The number of nitrogens with zero attached hydrogens (tertiary/aromatic N) is 2. The first kappa shape index (κ1) is 13.2. The Morgan fingerprint density at radius 2 is 1.78 bits per heavy atom. The quantitative estimate of drug-likeness (QED) is 0.624. The molecule has 2 rings (SSSR count). The van der Waals surface area contributed by atoms with Gasteiger partial charge in [0.25, 0.3) is 0 Å². The number of carbonyl (C=O) groups is 1. The third-order valence-corrected chi connectivity index (χ3v) is 3.10. The minimum absolute atomic E-state index is 0.0412. The van der Waals surface area contributed by atoms with Gasteiger partial charge < -0.3 is 0 Å². The lowest BCUT2D eigenvalue weighted by atomic mass is 9.98. The van der Waals surface area contributed by atoms with Gasteiger partial charge in [-0.3, -0.25) is 4.79 Å². The number of carbonyl (C=O) groups excluding carboxylic acids is 1. The van der Waals surface area contributed by atoms with Gasteiger partial charge in [-0.25, -0.2) is 5.01 Å². The molecule has 0 spiro atoms. The summed E-state index contributed by atoms with van der Waals surface area (Å²) in [6, 6.07) is -1.12. The van der Waals surface area contributed by atoms with Gasteiger partial charge in [0.05, 0.1) is 6.04 Å². The number of rotatable bonds is 0. The second-order valence-corrected chi connectivity index (χ2v) is 4.24. The first-order valence-corrected chi connectivity index (χ1v) is 5.18. The highest BCUT2D eigenvalue weighted by atomic mass is 19.4. The molecule has 18 heavy (non-hydrogen) atoms. The van der Waals surface area contributed by atoms with Crippen molar-refractivity contribution in [1.29, 1.82) is 0 Å². The van der Waals surface area contributed by atoms with E-state index in [9.17, 15) is 31.1 Å². The highest BCUT2D eigenvalue weighted by Crippen LogP contribution is 2.42. The Kier molecular flexibility index (Phi) is 2.82. The zero-order chi connectivity index (χ0) is 13.7. The first-order valence-electron chi connectivity index (χ1n) is 5.18. The number of amides is 1. The van der Waals surface area contributed by atoms with Crippen molar-refractivity contribution in [2.75, 3.05) is 0 Å². The highest BCUT2D eigenvalue weighted by Gasteiger charge is 2.56. The van der Waals surface area contributed by atoms with E-state index in [0.717, 1.165) is 0 Å². The fourth-order valence-corrected chi connectivity index (χ4v) is 2.41. The molecule has 0 aromatic rings. The van der Waals surface area contributed by atoms with Gasteiger partial charge in [-0.15, -0.1) is 0 Å². The molecule has 1 heterocycles. The number of hydrazone groups is 1. The molecule has 1 fully saturated rings. The van der Waals surface area contributed by atoms with E-state index in [1.807, 2.05) is 0 Å². The standard InChI is InChI=1S/C9H8F6N2O/c10-8(11,12)6-4-2-1-3-5(4)17(16-6)7(18)9(13,14)15/h4-5H,1-3H2. The molecule has 0 N–H and O–H groups in total. The van der Waals surface area contributed by atoms with Crippen LogP contribution < -0.4 is 0 Å². The lowest BCUT2D eigenvalue weighted by molar-refractivity contribution is -0.187. The van der Waals surface area contributed by atoms with Crippen LogP contribution in [0.25, 0.3) is 0 Å². The maximum atomic E-state index is 12.6. The van der Waals surface area contributed by atoms with Crippen LogP contribution in [-0.4, -0.2) is 35.0 Å². The van der Waals surface area contributed by atoms with Gasteiger partial charge in [-0.1, -0.05) is 6.42 Å². The third-order valence-electron chi connectivity index (χ3n) is 3.10. The lowest BCUT2D eigenvalue weighted by Crippen LogP contribution is -2.42. The molecule has 102 valence electrons. The first-order chi connectivity index (χ1) is 8.12. The van der Waals surface area contributed by atoms with Crippen molar-refractivity contribution in [3.8, 4) is 0 Å². The van der Waals surface area contributed by atoms with Crippen molar-refractivity contribution in [2.24, 2.45) is 11.0 Å². The summed E-state index contributed by atoms with van der Waals surface area (Å²) in [5, 5.41) is 2.82. The molecule has 0 aromatic heterocycles. The molecule has 0 bridgehead atoms. The Morgan fingerprint density at radius 1 is 1.17 bits per heavy atom. The zero-order valence-corrected chi connectivity index (χ0v) is 8.85. The van der Waals surface area contributed by atoms with E-state index < -0.39 is 35.9 Å². The van der Waals surface area contributed by atoms with E-state index in [4.69, 9.17) is 0 Å². The molecule has 0 saturated heterocycles. The lowest BCUT2D eigenvalue weighted by Gasteiger charge is -2.21. The maximum absolute atomic E-state index is 12.6. The van der Waals surface area contributed by atoms with Crippen molar-refractivity contribution in [1.82, 2.24) is 5.01 Å². The van der Waals surface area contributed by atoms with Crippen LogP contribution in [0.1, 0.15) is 19.3 Å². The molecule has 9 heteroatoms. The molecule has 2 atom stereocenters. The van der Waals surface area contributed by atoms with Crippen LogP contribution in [0.2, 0.25) is 0 Å². The average Bonchev–Trinajstić information content (AvgIpc) is 2.72. The maximum Gasteiger partial charge on any atom is 0.473 e. The SMILES string of the molecule is O=C(N1N=C(C(F)(F)F)C2CCCC21)C(F)(F)F. The topological polar surface area (TPSA) is 32.7 Å². The fourth-order valence-electron chi connectivity index (χ4n) is 2.41. The van der Waals surface area contributed by atoms with E-state index in [1.165, 1.54) is 0 Å². The molecule has 0 aromatic carbocycles. The van der Waals surface area contributed by atoms with Crippen LogP contribution in [0.15, 0.2) is 5.10 Å². The van der Waals surface area contributed by atoms with Crippen molar-refractivity contribution in [3.63, 3.8) is 0 Å². The molecule has 0 radical (unpaired) electrons. The predicted octanol–water partition coefficient (Wildman–Crippen LogP) is 2.48. The summed E-state index contributed by atoms with van der Waals surface area (Å²) in [6.45, 7) is 0. The van der Waals surface area contributed by atoms with Crippen molar-refractivity contribution >= 4 is 11.6 Å². The molecule has 2 unspecified atom stereocenters. The second kappa shape index (κ2) is 3.86. The molecule has 3 nitrogen and oxygen atoms in total. The Bertz CT molecular complexity index is 399. The zero-order valence-electron chi connectivity index (χ0n) is 8.85. The number of hydrogen-bond donors (Lipinski definition) is 0. The monoisotopic (exact) mass is 274 g/mol. The molecule has 1 amide bonds. The van der Waals surface area contributed by atoms with Gasteiger partial charge >= 0.3 is 18.3 Å². The molecule has 1 aliphatic carbocycles. The van der Waals surface area contributed by atoms with Gasteiger partial charge in [-0.2, -0.15) is 31.4 Å².